The van der Waals surface area contributed by atoms with Gasteiger partial charge in [-0.3, -0.25) is 0 Å². The van der Waals surface area contributed by atoms with Crippen molar-refractivity contribution in [1.29, 1.82) is 0 Å². The van der Waals surface area contributed by atoms with Gasteiger partial charge in [-0.05, 0) is 38.0 Å². The van der Waals surface area contributed by atoms with Crippen LogP contribution in [0.15, 0.2) is 24.3 Å². The highest BCUT2D eigenvalue weighted by Gasteiger charge is 2.26. The first-order chi connectivity index (χ1) is 9.59. The molecule has 0 aliphatic carbocycles. The van der Waals surface area contributed by atoms with E-state index in [4.69, 9.17) is 10.5 Å². The summed E-state index contributed by atoms with van der Waals surface area (Å²) in [6.07, 6.45) is 1.08. The first-order valence-corrected chi connectivity index (χ1v) is 8.36. The molecule has 0 spiro atoms. The van der Waals surface area contributed by atoms with E-state index in [1.807, 2.05) is 24.3 Å². The number of benzene rings is 1. The summed E-state index contributed by atoms with van der Waals surface area (Å²) < 4.78 is 6.18. The van der Waals surface area contributed by atoms with Crippen molar-refractivity contribution in [3.8, 4) is 5.75 Å². The topological polar surface area (TPSA) is 38.5 Å². The Balaban J connectivity index is 1.65. The molecule has 0 radical (unpaired) electrons. The Morgan fingerprint density at radius 1 is 1.30 bits per heavy atom. The van der Waals surface area contributed by atoms with Crippen LogP contribution < -0.4 is 10.5 Å². The zero-order valence-corrected chi connectivity index (χ0v) is 13.4. The Labute approximate surface area is 126 Å². The van der Waals surface area contributed by atoms with Gasteiger partial charge in [0.15, 0.2) is 0 Å². The van der Waals surface area contributed by atoms with Crippen LogP contribution in [0.25, 0.3) is 0 Å². The lowest BCUT2D eigenvalue weighted by atomic mass is 10.2. The van der Waals surface area contributed by atoms with Crippen LogP contribution in [0.2, 0.25) is 0 Å². The average Bonchev–Trinajstić information content (AvgIpc) is 2.43. The van der Waals surface area contributed by atoms with E-state index >= 15 is 0 Å². The van der Waals surface area contributed by atoms with Crippen molar-refractivity contribution in [3.63, 3.8) is 0 Å². The highest BCUT2D eigenvalue weighted by molar-refractivity contribution is 8.00. The summed E-state index contributed by atoms with van der Waals surface area (Å²) in [7, 11) is 0. The van der Waals surface area contributed by atoms with Gasteiger partial charge >= 0.3 is 0 Å². The zero-order valence-electron chi connectivity index (χ0n) is 12.6. The lowest BCUT2D eigenvalue weighted by Crippen LogP contribution is -2.43. The van der Waals surface area contributed by atoms with Gasteiger partial charge in [0.1, 0.15) is 5.75 Å². The van der Waals surface area contributed by atoms with Gasteiger partial charge in [0, 0.05) is 36.7 Å². The molecule has 1 aromatic rings. The number of thioether (sulfide) groups is 1. The fourth-order valence-corrected chi connectivity index (χ4v) is 3.68. The Hall–Kier alpha value is -0.710. The van der Waals surface area contributed by atoms with Crippen molar-refractivity contribution in [2.24, 2.45) is 5.73 Å². The van der Waals surface area contributed by atoms with Gasteiger partial charge in [-0.15, -0.1) is 0 Å². The molecule has 3 nitrogen and oxygen atoms in total. The van der Waals surface area contributed by atoms with Crippen LogP contribution in [-0.2, 0) is 6.54 Å². The molecule has 0 amide bonds. The smallest absolute Gasteiger partial charge is 0.119 e. The minimum Gasteiger partial charge on any atom is -0.494 e. The number of nitrogens with zero attached hydrogens (tertiary/aromatic N) is 1. The summed E-state index contributed by atoms with van der Waals surface area (Å²) in [4.78, 5) is 2.55. The van der Waals surface area contributed by atoms with Crippen LogP contribution in [0.4, 0.5) is 0 Å². The standard InChI is InChI=1S/C16H26N2OS/c1-16(2)13-18(9-11-20-16)8-3-10-19-15-6-4-14(12-17)5-7-15/h4-7H,3,8-13,17H2,1-2H3. The second kappa shape index (κ2) is 7.34. The normalized spacial score (nSPS) is 18.9. The highest BCUT2D eigenvalue weighted by Crippen LogP contribution is 2.29. The van der Waals surface area contributed by atoms with Crippen LogP contribution in [-0.4, -0.2) is 41.6 Å². The van der Waals surface area contributed by atoms with E-state index in [1.165, 1.54) is 18.8 Å². The Kier molecular flexibility index (Phi) is 5.75. The van der Waals surface area contributed by atoms with E-state index in [-0.39, 0.29) is 0 Å². The second-order valence-corrected chi connectivity index (χ2v) is 7.74. The van der Waals surface area contributed by atoms with E-state index < -0.39 is 0 Å². The molecule has 1 aromatic carbocycles. The lowest BCUT2D eigenvalue weighted by Gasteiger charge is -2.37. The first kappa shape index (κ1) is 15.7. The van der Waals surface area contributed by atoms with Gasteiger partial charge in [0.2, 0.25) is 0 Å². The molecule has 2 N–H and O–H groups in total. The van der Waals surface area contributed by atoms with Gasteiger partial charge in [-0.2, -0.15) is 11.8 Å². The van der Waals surface area contributed by atoms with Crippen LogP contribution in [0.3, 0.4) is 0 Å². The molecule has 0 unspecified atom stereocenters. The molecule has 2 rings (SSSR count). The van der Waals surface area contributed by atoms with Crippen molar-refractivity contribution in [3.05, 3.63) is 29.8 Å². The number of nitrogens with two attached hydrogens (primary N) is 1. The van der Waals surface area contributed by atoms with E-state index in [1.54, 1.807) is 0 Å². The Morgan fingerprint density at radius 3 is 2.70 bits per heavy atom. The Morgan fingerprint density at radius 2 is 2.05 bits per heavy atom. The van der Waals surface area contributed by atoms with E-state index in [0.29, 0.717) is 11.3 Å². The van der Waals surface area contributed by atoms with Crippen LogP contribution in [0.5, 0.6) is 5.75 Å². The van der Waals surface area contributed by atoms with Gasteiger partial charge in [0.25, 0.3) is 0 Å². The average molecular weight is 294 g/mol. The lowest BCUT2D eigenvalue weighted by molar-refractivity contribution is 0.226. The summed E-state index contributed by atoms with van der Waals surface area (Å²) in [6, 6.07) is 8.06. The minimum atomic E-state index is 0.400. The predicted molar refractivity (Wildman–Crippen MR) is 87.4 cm³/mol. The van der Waals surface area contributed by atoms with Gasteiger partial charge in [0.05, 0.1) is 6.61 Å². The van der Waals surface area contributed by atoms with Crippen LogP contribution in [0.1, 0.15) is 25.8 Å². The van der Waals surface area contributed by atoms with Crippen molar-refractivity contribution >= 4 is 11.8 Å². The molecule has 1 aliphatic heterocycles. The molecular weight excluding hydrogens is 268 g/mol. The molecule has 0 atom stereocenters. The maximum atomic E-state index is 5.78. The third-order valence-electron chi connectivity index (χ3n) is 3.55. The molecule has 20 heavy (non-hydrogen) atoms. The second-order valence-electron chi connectivity index (χ2n) is 5.93. The fraction of sp³-hybridized carbons (Fsp3) is 0.625. The molecule has 0 saturated carbocycles. The third kappa shape index (κ3) is 5.00. The number of rotatable bonds is 6. The summed E-state index contributed by atoms with van der Waals surface area (Å²) in [6.45, 7) is 9.56. The zero-order chi connectivity index (χ0) is 14.4. The quantitative estimate of drug-likeness (QED) is 0.819. The molecule has 0 bridgehead atoms. The molecule has 0 aromatic heterocycles. The number of hydrogen-bond donors (Lipinski definition) is 1. The summed E-state index contributed by atoms with van der Waals surface area (Å²) in [5.74, 6) is 2.19. The fourth-order valence-electron chi connectivity index (χ4n) is 2.51. The van der Waals surface area contributed by atoms with Crippen molar-refractivity contribution in [1.82, 2.24) is 4.90 Å². The molecule has 1 heterocycles. The van der Waals surface area contributed by atoms with Gasteiger partial charge in [-0.25, -0.2) is 0 Å². The van der Waals surface area contributed by atoms with Crippen molar-refractivity contribution in [2.45, 2.75) is 31.6 Å². The first-order valence-electron chi connectivity index (χ1n) is 7.37. The highest BCUT2D eigenvalue weighted by atomic mass is 32.2. The summed E-state index contributed by atoms with van der Waals surface area (Å²) in [5.41, 5.74) is 6.72. The molecular formula is C16H26N2OS. The maximum Gasteiger partial charge on any atom is 0.119 e. The number of ether oxygens (including phenoxy) is 1. The molecule has 1 fully saturated rings. The largest absolute Gasteiger partial charge is 0.494 e. The minimum absolute atomic E-state index is 0.400. The van der Waals surface area contributed by atoms with Crippen LogP contribution in [0, 0.1) is 0 Å². The molecule has 4 heteroatoms. The third-order valence-corrected chi connectivity index (χ3v) is 4.85. The summed E-state index contributed by atoms with van der Waals surface area (Å²) in [5, 5.41) is 0. The Bertz CT molecular complexity index is 405. The molecule has 112 valence electrons. The summed E-state index contributed by atoms with van der Waals surface area (Å²) >= 11 is 2.08. The molecule has 1 aliphatic rings. The monoisotopic (exact) mass is 294 g/mol. The van der Waals surface area contributed by atoms with Crippen molar-refractivity contribution < 1.29 is 4.74 Å². The number of hydrogen-bond acceptors (Lipinski definition) is 4. The van der Waals surface area contributed by atoms with Crippen LogP contribution >= 0.6 is 11.8 Å². The van der Waals surface area contributed by atoms with E-state index in [0.717, 1.165) is 30.9 Å². The van der Waals surface area contributed by atoms with Gasteiger partial charge < -0.3 is 15.4 Å². The van der Waals surface area contributed by atoms with Gasteiger partial charge in [-0.1, -0.05) is 12.1 Å². The van der Waals surface area contributed by atoms with E-state index in [2.05, 4.69) is 30.5 Å². The SMILES string of the molecule is CC1(C)CN(CCCOc2ccc(CN)cc2)CCS1. The molecule has 1 saturated heterocycles. The predicted octanol–water partition coefficient (Wildman–Crippen LogP) is 2.74. The van der Waals surface area contributed by atoms with Crippen molar-refractivity contribution in [2.75, 3.05) is 32.0 Å². The maximum absolute atomic E-state index is 5.78. The van der Waals surface area contributed by atoms with E-state index in [9.17, 15) is 0 Å².